The molecule has 1 rings (SSSR count). The SMILES string of the molecule is COCCNCC1CCN(CCCOCC(F)(F)F)CC1. The molecule has 1 saturated heterocycles. The fourth-order valence-electron chi connectivity index (χ4n) is 2.47. The molecular weight excluding hydrogens is 285 g/mol. The number of ether oxygens (including phenoxy) is 2. The van der Waals surface area contributed by atoms with Crippen LogP contribution in [0, 0.1) is 5.92 Å². The van der Waals surface area contributed by atoms with Crippen molar-refractivity contribution in [1.82, 2.24) is 10.2 Å². The summed E-state index contributed by atoms with van der Waals surface area (Å²) in [6.07, 6.45) is -1.27. The van der Waals surface area contributed by atoms with E-state index < -0.39 is 12.8 Å². The highest BCUT2D eigenvalue weighted by atomic mass is 19.4. The van der Waals surface area contributed by atoms with Gasteiger partial charge in [-0.15, -0.1) is 0 Å². The lowest BCUT2D eigenvalue weighted by Crippen LogP contribution is -2.38. The van der Waals surface area contributed by atoms with Crippen LogP contribution < -0.4 is 5.32 Å². The van der Waals surface area contributed by atoms with E-state index in [1.165, 1.54) is 0 Å². The third-order valence-electron chi connectivity index (χ3n) is 3.65. The first-order chi connectivity index (χ1) is 10.0. The first-order valence-electron chi connectivity index (χ1n) is 7.58. The van der Waals surface area contributed by atoms with Gasteiger partial charge in [0.1, 0.15) is 6.61 Å². The molecule has 0 bridgehead atoms. The number of methoxy groups -OCH3 is 1. The van der Waals surface area contributed by atoms with Crippen LogP contribution in [-0.4, -0.2) is 70.7 Å². The van der Waals surface area contributed by atoms with Gasteiger partial charge in [0.2, 0.25) is 0 Å². The molecule has 0 saturated carbocycles. The van der Waals surface area contributed by atoms with Crippen LogP contribution in [0.1, 0.15) is 19.3 Å². The summed E-state index contributed by atoms with van der Waals surface area (Å²) in [5.74, 6) is 0.694. The van der Waals surface area contributed by atoms with Gasteiger partial charge in [-0.3, -0.25) is 0 Å². The monoisotopic (exact) mass is 312 g/mol. The third-order valence-corrected chi connectivity index (χ3v) is 3.65. The Kier molecular flexibility index (Phi) is 9.23. The van der Waals surface area contributed by atoms with Crippen molar-refractivity contribution in [2.45, 2.75) is 25.4 Å². The van der Waals surface area contributed by atoms with Gasteiger partial charge in [0.15, 0.2) is 0 Å². The highest BCUT2D eigenvalue weighted by molar-refractivity contribution is 4.73. The molecule has 126 valence electrons. The number of nitrogens with one attached hydrogen (secondary N) is 1. The normalized spacial score (nSPS) is 18.3. The smallest absolute Gasteiger partial charge is 0.383 e. The minimum atomic E-state index is -4.21. The van der Waals surface area contributed by atoms with Gasteiger partial charge in [-0.2, -0.15) is 13.2 Å². The molecule has 0 aromatic heterocycles. The van der Waals surface area contributed by atoms with Crippen LogP contribution in [0.25, 0.3) is 0 Å². The summed E-state index contributed by atoms with van der Waals surface area (Å²) in [5.41, 5.74) is 0. The summed E-state index contributed by atoms with van der Waals surface area (Å²) in [6.45, 7) is 4.55. The molecule has 0 aromatic carbocycles. The molecule has 0 aromatic rings. The number of likely N-dealkylation sites (tertiary alicyclic amines) is 1. The maximum absolute atomic E-state index is 11.9. The zero-order valence-corrected chi connectivity index (χ0v) is 12.8. The minimum absolute atomic E-state index is 0.179. The Hall–Kier alpha value is -0.370. The van der Waals surface area contributed by atoms with Crippen LogP contribution >= 0.6 is 0 Å². The molecule has 1 fully saturated rings. The Bertz CT molecular complexity index is 257. The minimum Gasteiger partial charge on any atom is -0.383 e. The molecule has 0 spiro atoms. The van der Waals surface area contributed by atoms with Gasteiger partial charge < -0.3 is 19.7 Å². The molecule has 1 heterocycles. The molecule has 0 amide bonds. The summed E-state index contributed by atoms with van der Waals surface area (Å²) in [5, 5.41) is 3.37. The van der Waals surface area contributed by atoms with E-state index in [9.17, 15) is 13.2 Å². The zero-order chi connectivity index (χ0) is 15.6. The number of rotatable bonds is 10. The lowest BCUT2D eigenvalue weighted by Gasteiger charge is -2.32. The van der Waals surface area contributed by atoms with Crippen LogP contribution in [0.15, 0.2) is 0 Å². The van der Waals surface area contributed by atoms with E-state index >= 15 is 0 Å². The van der Waals surface area contributed by atoms with Crippen molar-refractivity contribution in [2.75, 3.05) is 59.7 Å². The molecule has 21 heavy (non-hydrogen) atoms. The van der Waals surface area contributed by atoms with Gasteiger partial charge in [0.05, 0.1) is 6.61 Å². The number of alkyl halides is 3. The van der Waals surface area contributed by atoms with E-state index in [1.807, 2.05) is 0 Å². The Balaban J connectivity index is 1.95. The van der Waals surface area contributed by atoms with Crippen molar-refractivity contribution in [3.05, 3.63) is 0 Å². The molecule has 1 aliphatic rings. The van der Waals surface area contributed by atoms with Crippen LogP contribution in [-0.2, 0) is 9.47 Å². The molecule has 4 nitrogen and oxygen atoms in total. The van der Waals surface area contributed by atoms with Crippen molar-refractivity contribution < 1.29 is 22.6 Å². The van der Waals surface area contributed by atoms with Crippen molar-refractivity contribution in [2.24, 2.45) is 5.92 Å². The van der Waals surface area contributed by atoms with E-state index in [1.54, 1.807) is 7.11 Å². The predicted octanol–water partition coefficient (Wildman–Crippen LogP) is 1.90. The van der Waals surface area contributed by atoms with E-state index in [2.05, 4.69) is 15.0 Å². The lowest BCUT2D eigenvalue weighted by molar-refractivity contribution is -0.174. The quantitative estimate of drug-likeness (QED) is 0.625. The molecule has 0 radical (unpaired) electrons. The van der Waals surface area contributed by atoms with E-state index in [4.69, 9.17) is 4.74 Å². The van der Waals surface area contributed by atoms with Crippen LogP contribution in [0.5, 0.6) is 0 Å². The molecule has 0 aliphatic carbocycles. The summed E-state index contributed by atoms with van der Waals surface area (Å²) in [7, 11) is 1.69. The Morgan fingerprint density at radius 3 is 2.52 bits per heavy atom. The van der Waals surface area contributed by atoms with E-state index in [-0.39, 0.29) is 6.61 Å². The first-order valence-corrected chi connectivity index (χ1v) is 7.58. The van der Waals surface area contributed by atoms with Gasteiger partial charge in [-0.25, -0.2) is 0 Å². The highest BCUT2D eigenvalue weighted by Crippen LogP contribution is 2.17. The molecule has 0 atom stereocenters. The maximum atomic E-state index is 11.9. The van der Waals surface area contributed by atoms with Gasteiger partial charge >= 0.3 is 6.18 Å². The molecular formula is C14H27F3N2O2. The number of nitrogens with zero attached hydrogens (tertiary/aromatic N) is 1. The number of piperidine rings is 1. The van der Waals surface area contributed by atoms with Gasteiger partial charge in [0, 0.05) is 26.8 Å². The van der Waals surface area contributed by atoms with Crippen molar-refractivity contribution in [1.29, 1.82) is 0 Å². The lowest BCUT2D eigenvalue weighted by atomic mass is 9.97. The largest absolute Gasteiger partial charge is 0.411 e. The fraction of sp³-hybridized carbons (Fsp3) is 1.00. The fourth-order valence-corrected chi connectivity index (χ4v) is 2.47. The van der Waals surface area contributed by atoms with Crippen LogP contribution in [0.2, 0.25) is 0 Å². The van der Waals surface area contributed by atoms with Crippen molar-refractivity contribution in [3.8, 4) is 0 Å². The predicted molar refractivity (Wildman–Crippen MR) is 75.4 cm³/mol. The summed E-state index contributed by atoms with van der Waals surface area (Å²) < 4.78 is 45.2. The van der Waals surface area contributed by atoms with Gasteiger partial charge in [-0.1, -0.05) is 0 Å². The second kappa shape index (κ2) is 10.4. The van der Waals surface area contributed by atoms with Crippen molar-refractivity contribution in [3.63, 3.8) is 0 Å². The molecule has 1 aliphatic heterocycles. The maximum Gasteiger partial charge on any atom is 0.411 e. The van der Waals surface area contributed by atoms with E-state index in [0.717, 1.165) is 52.2 Å². The third kappa shape index (κ3) is 10.1. The van der Waals surface area contributed by atoms with Crippen LogP contribution in [0.4, 0.5) is 13.2 Å². The molecule has 1 N–H and O–H groups in total. The average molecular weight is 312 g/mol. The van der Waals surface area contributed by atoms with Crippen LogP contribution in [0.3, 0.4) is 0 Å². The second-order valence-corrected chi connectivity index (χ2v) is 5.50. The summed E-state index contributed by atoms with van der Waals surface area (Å²) in [4.78, 5) is 2.31. The average Bonchev–Trinajstić information content (AvgIpc) is 2.43. The topological polar surface area (TPSA) is 33.7 Å². The highest BCUT2D eigenvalue weighted by Gasteiger charge is 2.27. The van der Waals surface area contributed by atoms with E-state index in [0.29, 0.717) is 12.3 Å². The molecule has 7 heteroatoms. The first kappa shape index (κ1) is 18.7. The van der Waals surface area contributed by atoms with Gasteiger partial charge in [-0.05, 0) is 44.8 Å². The van der Waals surface area contributed by atoms with Gasteiger partial charge in [0.25, 0.3) is 0 Å². The summed E-state index contributed by atoms with van der Waals surface area (Å²) >= 11 is 0. The second-order valence-electron chi connectivity index (χ2n) is 5.50. The Morgan fingerprint density at radius 2 is 1.90 bits per heavy atom. The Morgan fingerprint density at radius 1 is 1.19 bits per heavy atom. The number of hydrogen-bond donors (Lipinski definition) is 1. The number of hydrogen-bond acceptors (Lipinski definition) is 4. The zero-order valence-electron chi connectivity index (χ0n) is 12.8. The molecule has 0 unspecified atom stereocenters. The summed E-state index contributed by atoms with van der Waals surface area (Å²) in [6, 6.07) is 0. The number of halogens is 3. The Labute approximate surface area is 125 Å². The standard InChI is InChI=1S/C14H27F3N2O2/c1-20-10-5-18-11-13-3-7-19(8-4-13)6-2-9-21-12-14(15,16)17/h13,18H,2-12H2,1H3. The van der Waals surface area contributed by atoms with Crippen molar-refractivity contribution >= 4 is 0 Å².